The molecule has 1 aliphatic rings. The monoisotopic (exact) mass is 440 g/mol. The zero-order valence-corrected chi connectivity index (χ0v) is 18.7. The molecule has 0 unspecified atom stereocenters. The Morgan fingerprint density at radius 1 is 0.969 bits per heavy atom. The molecule has 0 aliphatic carbocycles. The first-order chi connectivity index (χ1) is 15.4. The zero-order chi connectivity index (χ0) is 22.8. The van der Waals surface area contributed by atoms with Crippen LogP contribution in [0.25, 0.3) is 11.2 Å². The Balaban J connectivity index is 1.57. The number of hydrogen-bond donors (Lipinski definition) is 0. The molecule has 1 aromatic carbocycles. The van der Waals surface area contributed by atoms with E-state index in [2.05, 4.69) is 39.0 Å². The molecule has 3 heterocycles. The van der Waals surface area contributed by atoms with Crippen molar-refractivity contribution in [3.05, 3.63) is 62.6 Å². The number of methoxy groups -OCH3 is 1. The zero-order valence-electron chi connectivity index (χ0n) is 18.7. The summed E-state index contributed by atoms with van der Waals surface area (Å²) in [6.45, 7) is 4.74. The van der Waals surface area contributed by atoms with E-state index in [1.165, 1.54) is 24.3 Å². The fraction of sp³-hybridized carbons (Fsp3) is 0.455. The van der Waals surface area contributed by atoms with E-state index in [-0.39, 0.29) is 17.7 Å². The van der Waals surface area contributed by atoms with Gasteiger partial charge in [-0.25, -0.2) is 9.78 Å². The van der Waals surface area contributed by atoms with E-state index < -0.39 is 17.2 Å². The molecule has 1 aliphatic heterocycles. The highest BCUT2D eigenvalue weighted by Crippen LogP contribution is 2.16. The largest absolute Gasteiger partial charge is 0.468 e. The minimum atomic E-state index is -0.478. The van der Waals surface area contributed by atoms with Crippen molar-refractivity contribution < 1.29 is 9.53 Å². The lowest BCUT2D eigenvalue weighted by molar-refractivity contribution is -0.141. The van der Waals surface area contributed by atoms with Gasteiger partial charge in [-0.05, 0) is 5.56 Å². The van der Waals surface area contributed by atoms with Gasteiger partial charge in [-0.1, -0.05) is 30.3 Å². The lowest BCUT2D eigenvalue weighted by atomic mass is 10.2. The Hall–Kier alpha value is -3.24. The van der Waals surface area contributed by atoms with Gasteiger partial charge in [0.2, 0.25) is 0 Å². The van der Waals surface area contributed by atoms with E-state index >= 15 is 0 Å². The number of piperazine rings is 1. The van der Waals surface area contributed by atoms with Crippen LogP contribution >= 0.6 is 0 Å². The fourth-order valence-electron chi connectivity index (χ4n) is 4.12. The van der Waals surface area contributed by atoms with Crippen LogP contribution in [0.4, 0.5) is 0 Å². The maximum Gasteiger partial charge on any atom is 0.332 e. The van der Waals surface area contributed by atoms with Crippen molar-refractivity contribution in [2.45, 2.75) is 19.6 Å². The number of benzene rings is 1. The van der Waals surface area contributed by atoms with Crippen molar-refractivity contribution in [2.75, 3.05) is 33.3 Å². The van der Waals surface area contributed by atoms with Gasteiger partial charge in [-0.2, -0.15) is 0 Å². The van der Waals surface area contributed by atoms with Crippen LogP contribution in [0.3, 0.4) is 0 Å². The second-order valence-corrected chi connectivity index (χ2v) is 8.11. The highest BCUT2D eigenvalue weighted by Gasteiger charge is 2.24. The number of aryl methyl sites for hydroxylation is 1. The lowest BCUT2D eigenvalue weighted by Crippen LogP contribution is -2.45. The van der Waals surface area contributed by atoms with Crippen LogP contribution in [-0.2, 0) is 43.3 Å². The van der Waals surface area contributed by atoms with Crippen LogP contribution < -0.4 is 11.2 Å². The Morgan fingerprint density at radius 2 is 1.59 bits per heavy atom. The summed E-state index contributed by atoms with van der Waals surface area (Å²) in [5.41, 5.74) is 0.875. The van der Waals surface area contributed by atoms with Gasteiger partial charge in [0.25, 0.3) is 5.56 Å². The van der Waals surface area contributed by atoms with Crippen LogP contribution in [0.15, 0.2) is 39.9 Å². The van der Waals surface area contributed by atoms with Crippen molar-refractivity contribution in [3.63, 3.8) is 0 Å². The first-order valence-corrected chi connectivity index (χ1v) is 10.6. The van der Waals surface area contributed by atoms with E-state index in [9.17, 15) is 14.4 Å². The molecular weight excluding hydrogens is 412 g/mol. The predicted molar refractivity (Wildman–Crippen MR) is 119 cm³/mol. The number of fused-ring (bicyclic) bond motifs is 1. The summed E-state index contributed by atoms with van der Waals surface area (Å²) in [5, 5.41) is 0. The number of carbonyl (C=O) groups excluding carboxylic acids is 1. The summed E-state index contributed by atoms with van der Waals surface area (Å²) >= 11 is 0. The number of carbonyl (C=O) groups is 1. The number of hydrogen-bond acceptors (Lipinski definition) is 7. The molecule has 0 atom stereocenters. The molecule has 1 fully saturated rings. The molecule has 170 valence electrons. The highest BCUT2D eigenvalue weighted by atomic mass is 16.5. The van der Waals surface area contributed by atoms with Crippen molar-refractivity contribution >= 4 is 17.1 Å². The maximum absolute atomic E-state index is 12.8. The molecule has 0 N–H and O–H groups in total. The summed E-state index contributed by atoms with van der Waals surface area (Å²) in [4.78, 5) is 46.5. The van der Waals surface area contributed by atoms with Crippen LogP contribution in [0.2, 0.25) is 0 Å². The van der Waals surface area contributed by atoms with Gasteiger partial charge in [0.05, 0.1) is 13.7 Å². The number of nitrogens with zero attached hydrogens (tertiary/aromatic N) is 6. The summed E-state index contributed by atoms with van der Waals surface area (Å²) in [6, 6.07) is 10.4. The lowest BCUT2D eigenvalue weighted by Gasteiger charge is -2.34. The number of rotatable bonds is 6. The van der Waals surface area contributed by atoms with E-state index in [0.29, 0.717) is 12.4 Å². The molecular formula is C22H28N6O4. The molecule has 0 amide bonds. The van der Waals surface area contributed by atoms with Gasteiger partial charge >= 0.3 is 11.7 Å². The molecule has 1 saturated heterocycles. The summed E-state index contributed by atoms with van der Waals surface area (Å²) < 4.78 is 8.78. The van der Waals surface area contributed by atoms with Gasteiger partial charge in [-0.3, -0.25) is 28.5 Å². The molecule has 10 heteroatoms. The number of ether oxygens (including phenoxy) is 1. The molecule has 0 saturated carbocycles. The predicted octanol–water partition coefficient (Wildman–Crippen LogP) is -0.0755. The van der Waals surface area contributed by atoms with Gasteiger partial charge in [0.1, 0.15) is 12.4 Å². The maximum atomic E-state index is 12.8. The van der Waals surface area contributed by atoms with Crippen LogP contribution in [0.5, 0.6) is 0 Å². The van der Waals surface area contributed by atoms with Crippen LogP contribution in [0, 0.1) is 0 Å². The topological polar surface area (TPSA) is 94.6 Å². The third-order valence-electron chi connectivity index (χ3n) is 6.02. The van der Waals surface area contributed by atoms with E-state index in [1.54, 1.807) is 11.6 Å². The van der Waals surface area contributed by atoms with E-state index in [0.717, 1.165) is 37.3 Å². The molecule has 2 aromatic heterocycles. The van der Waals surface area contributed by atoms with Gasteiger partial charge in [-0.15, -0.1) is 0 Å². The minimum Gasteiger partial charge on any atom is -0.468 e. The third-order valence-corrected chi connectivity index (χ3v) is 6.02. The SMILES string of the molecule is COC(=O)Cn1c(CN2CCN(Cc3ccccc3)CC2)nc2c1c(=O)n(C)c(=O)n2C. The molecule has 0 radical (unpaired) electrons. The van der Waals surface area contributed by atoms with Crippen molar-refractivity contribution in [2.24, 2.45) is 14.1 Å². The van der Waals surface area contributed by atoms with Crippen molar-refractivity contribution in [1.82, 2.24) is 28.5 Å². The Bertz CT molecular complexity index is 1240. The summed E-state index contributed by atoms with van der Waals surface area (Å²) in [6.07, 6.45) is 0. The summed E-state index contributed by atoms with van der Waals surface area (Å²) in [5.74, 6) is 0.0920. The molecule has 32 heavy (non-hydrogen) atoms. The standard InChI is InChI=1S/C22H28N6O4/c1-24-20-19(21(30)25(2)22(24)31)28(15-18(29)32-3)17(23-20)14-27-11-9-26(10-12-27)13-16-7-5-4-6-8-16/h4-8H,9-15H2,1-3H3. The number of esters is 1. The first kappa shape index (κ1) is 22.0. The number of aromatic nitrogens is 4. The highest BCUT2D eigenvalue weighted by molar-refractivity contribution is 5.75. The Kier molecular flexibility index (Phi) is 6.24. The van der Waals surface area contributed by atoms with Crippen LogP contribution in [-0.4, -0.2) is 67.7 Å². The molecule has 4 rings (SSSR count). The van der Waals surface area contributed by atoms with Crippen molar-refractivity contribution in [1.29, 1.82) is 0 Å². The molecule has 10 nitrogen and oxygen atoms in total. The van der Waals surface area contributed by atoms with Crippen molar-refractivity contribution in [3.8, 4) is 0 Å². The number of imidazole rings is 1. The second-order valence-electron chi connectivity index (χ2n) is 8.11. The normalized spacial score (nSPS) is 15.3. The molecule has 3 aromatic rings. The Morgan fingerprint density at radius 3 is 2.22 bits per heavy atom. The minimum absolute atomic E-state index is 0.135. The second kappa shape index (κ2) is 9.09. The fourth-order valence-corrected chi connectivity index (χ4v) is 4.12. The van der Waals surface area contributed by atoms with Crippen LogP contribution in [0.1, 0.15) is 11.4 Å². The smallest absolute Gasteiger partial charge is 0.332 e. The quantitative estimate of drug-likeness (QED) is 0.495. The average molecular weight is 441 g/mol. The van der Waals surface area contributed by atoms with Gasteiger partial charge in [0.15, 0.2) is 11.2 Å². The Labute approximate surface area is 185 Å². The first-order valence-electron chi connectivity index (χ1n) is 10.6. The molecule has 0 bridgehead atoms. The third kappa shape index (κ3) is 4.23. The average Bonchev–Trinajstić information content (AvgIpc) is 3.16. The summed E-state index contributed by atoms with van der Waals surface area (Å²) in [7, 11) is 4.30. The van der Waals surface area contributed by atoms with Gasteiger partial charge < -0.3 is 9.30 Å². The van der Waals surface area contributed by atoms with E-state index in [1.807, 2.05) is 6.07 Å². The van der Waals surface area contributed by atoms with E-state index in [4.69, 9.17) is 4.74 Å². The van der Waals surface area contributed by atoms with Gasteiger partial charge in [0, 0.05) is 46.8 Å². The molecule has 0 spiro atoms.